The zero-order chi connectivity index (χ0) is 33.4. The Morgan fingerprint density at radius 1 is 0.896 bits per heavy atom. The fraction of sp³-hybridized carbons (Fsp3) is 0.243. The van der Waals surface area contributed by atoms with Gasteiger partial charge in [0.1, 0.15) is 17.4 Å². The number of nitrogens with one attached hydrogen (secondary N) is 3. The summed E-state index contributed by atoms with van der Waals surface area (Å²) in [6.07, 6.45) is 4.98. The van der Waals surface area contributed by atoms with Crippen molar-refractivity contribution in [3.63, 3.8) is 0 Å². The Morgan fingerprint density at radius 3 is 2.35 bits per heavy atom. The summed E-state index contributed by atoms with van der Waals surface area (Å²) in [7, 11) is 1.64. The smallest absolute Gasteiger partial charge is 0.320 e. The molecule has 4 aromatic heterocycles. The number of amides is 3. The first-order valence-corrected chi connectivity index (χ1v) is 16.1. The van der Waals surface area contributed by atoms with Gasteiger partial charge in [-0.15, -0.1) is 0 Å². The Labute approximate surface area is 277 Å². The molecule has 0 bridgehead atoms. The van der Waals surface area contributed by atoms with Gasteiger partial charge >= 0.3 is 6.03 Å². The summed E-state index contributed by atoms with van der Waals surface area (Å²) >= 11 is 0. The van der Waals surface area contributed by atoms with E-state index in [9.17, 15) is 9.59 Å². The van der Waals surface area contributed by atoms with E-state index in [0.717, 1.165) is 46.1 Å². The number of carbonyl (C=O) groups is 2. The highest BCUT2D eigenvalue weighted by molar-refractivity contribution is 5.96. The number of urea groups is 1. The number of rotatable bonds is 10. The van der Waals surface area contributed by atoms with Crippen LogP contribution in [0.2, 0.25) is 0 Å². The minimum absolute atomic E-state index is 0.00863. The van der Waals surface area contributed by atoms with Crippen molar-refractivity contribution in [3.05, 3.63) is 90.5 Å². The van der Waals surface area contributed by atoms with Gasteiger partial charge in [0, 0.05) is 54.3 Å². The molecule has 7 rings (SSSR count). The first-order valence-electron chi connectivity index (χ1n) is 16.1. The van der Waals surface area contributed by atoms with E-state index < -0.39 is 0 Å². The van der Waals surface area contributed by atoms with Crippen LogP contribution in [0.15, 0.2) is 79.1 Å². The maximum atomic E-state index is 16.4. The summed E-state index contributed by atoms with van der Waals surface area (Å²) in [5.41, 5.74) is 5.41. The van der Waals surface area contributed by atoms with Gasteiger partial charge < -0.3 is 24.5 Å². The van der Waals surface area contributed by atoms with E-state index in [4.69, 9.17) is 4.74 Å². The second-order valence-corrected chi connectivity index (χ2v) is 12.0. The fourth-order valence-electron chi connectivity index (χ4n) is 6.25. The van der Waals surface area contributed by atoms with E-state index in [1.165, 1.54) is 6.20 Å². The maximum absolute atomic E-state index is 16.4. The molecule has 1 fully saturated rings. The average molecular weight is 646 g/mol. The molecule has 244 valence electrons. The van der Waals surface area contributed by atoms with Gasteiger partial charge in [0.05, 0.1) is 41.1 Å². The summed E-state index contributed by atoms with van der Waals surface area (Å²) in [5, 5.41) is 9.68. The van der Waals surface area contributed by atoms with E-state index in [1.807, 2.05) is 79.1 Å². The molecule has 1 saturated carbocycles. The van der Waals surface area contributed by atoms with Gasteiger partial charge in [-0.2, -0.15) is 0 Å². The number of para-hydroxylation sites is 1. The minimum Gasteiger partial charge on any atom is -0.496 e. The van der Waals surface area contributed by atoms with Gasteiger partial charge in [-0.1, -0.05) is 36.4 Å². The predicted molar refractivity (Wildman–Crippen MR) is 186 cm³/mol. The van der Waals surface area contributed by atoms with E-state index in [0.29, 0.717) is 53.6 Å². The van der Waals surface area contributed by atoms with Crippen LogP contribution in [-0.2, 0) is 17.9 Å². The number of aromatic nitrogens is 4. The molecule has 6 aromatic rings. The van der Waals surface area contributed by atoms with Crippen molar-refractivity contribution in [1.82, 2.24) is 24.4 Å². The molecule has 0 saturated heterocycles. The normalized spacial score (nSPS) is 12.8. The first-order chi connectivity index (χ1) is 23.4. The summed E-state index contributed by atoms with van der Waals surface area (Å²) in [5.74, 6) is 1.10. The summed E-state index contributed by atoms with van der Waals surface area (Å²) in [6.45, 7) is 5.13. The highest BCUT2D eigenvalue weighted by Gasteiger charge is 2.30. The number of hydrogen-bond acceptors (Lipinski definition) is 5. The van der Waals surface area contributed by atoms with Crippen LogP contribution < -0.4 is 20.7 Å². The van der Waals surface area contributed by atoms with Gasteiger partial charge in [-0.3, -0.25) is 10.1 Å². The molecule has 0 unspecified atom stereocenters. The molecule has 0 atom stereocenters. The Morgan fingerprint density at radius 2 is 1.60 bits per heavy atom. The molecule has 0 spiro atoms. The van der Waals surface area contributed by atoms with Crippen LogP contribution in [0.3, 0.4) is 0 Å². The SMILES string of the molecule is CCNC(=O)Nc1cc2cc(-c3ccccc3OC)n(CCn3c(-c4ccccc4C)c(F)c4cnc(NC(=O)C5CC5)cc43)c2cn1. The topological polar surface area (TPSA) is 115 Å². The minimum atomic E-state index is -0.364. The number of anilines is 2. The van der Waals surface area contributed by atoms with Crippen LogP contribution in [0, 0.1) is 18.7 Å². The van der Waals surface area contributed by atoms with Gasteiger partial charge in [-0.25, -0.2) is 19.2 Å². The Kier molecular flexibility index (Phi) is 8.26. The van der Waals surface area contributed by atoms with Crippen LogP contribution >= 0.6 is 0 Å². The molecule has 2 aromatic carbocycles. The number of aryl methyl sites for hydroxylation is 3. The second kappa shape index (κ2) is 12.8. The second-order valence-electron chi connectivity index (χ2n) is 12.0. The van der Waals surface area contributed by atoms with Crippen molar-refractivity contribution in [2.45, 2.75) is 39.8 Å². The fourth-order valence-corrected chi connectivity index (χ4v) is 6.25. The van der Waals surface area contributed by atoms with Crippen LogP contribution in [0.5, 0.6) is 5.75 Å². The Balaban J connectivity index is 1.35. The molecule has 1 aliphatic carbocycles. The molecule has 1 aliphatic rings. The number of fused-ring (bicyclic) bond motifs is 2. The molecule has 48 heavy (non-hydrogen) atoms. The van der Waals surface area contributed by atoms with Crippen molar-refractivity contribution in [3.8, 4) is 28.3 Å². The number of hydrogen-bond donors (Lipinski definition) is 3. The molecule has 3 amide bonds. The lowest BCUT2D eigenvalue weighted by Crippen LogP contribution is -2.28. The summed E-state index contributed by atoms with van der Waals surface area (Å²) in [4.78, 5) is 33.8. The monoisotopic (exact) mass is 645 g/mol. The number of halogens is 1. The summed E-state index contributed by atoms with van der Waals surface area (Å²) < 4.78 is 26.3. The zero-order valence-corrected chi connectivity index (χ0v) is 27.0. The van der Waals surface area contributed by atoms with Crippen molar-refractivity contribution < 1.29 is 18.7 Å². The van der Waals surface area contributed by atoms with Crippen LogP contribution in [0.4, 0.5) is 20.8 Å². The third-order valence-electron chi connectivity index (χ3n) is 8.78. The van der Waals surface area contributed by atoms with E-state index in [1.54, 1.807) is 19.4 Å². The lowest BCUT2D eigenvalue weighted by Gasteiger charge is -2.17. The van der Waals surface area contributed by atoms with E-state index >= 15 is 4.39 Å². The van der Waals surface area contributed by atoms with Gasteiger partial charge in [0.25, 0.3) is 0 Å². The molecule has 0 aliphatic heterocycles. The van der Waals surface area contributed by atoms with Crippen molar-refractivity contribution in [1.29, 1.82) is 0 Å². The molecule has 10 nitrogen and oxygen atoms in total. The number of nitrogens with zero attached hydrogens (tertiary/aromatic N) is 4. The quantitative estimate of drug-likeness (QED) is 0.144. The van der Waals surface area contributed by atoms with Gasteiger partial charge in [0.2, 0.25) is 5.91 Å². The Bertz CT molecular complexity index is 2180. The van der Waals surface area contributed by atoms with Gasteiger partial charge in [0.15, 0.2) is 5.82 Å². The van der Waals surface area contributed by atoms with Crippen LogP contribution in [0.1, 0.15) is 25.3 Å². The highest BCUT2D eigenvalue weighted by atomic mass is 19.1. The van der Waals surface area contributed by atoms with E-state index in [2.05, 4.69) is 30.5 Å². The molecule has 4 heterocycles. The average Bonchev–Trinajstić information content (AvgIpc) is 3.83. The number of carbonyl (C=O) groups excluding carboxylic acids is 2. The summed E-state index contributed by atoms with van der Waals surface area (Å²) in [6, 6.07) is 20.8. The maximum Gasteiger partial charge on any atom is 0.320 e. The molecule has 3 N–H and O–H groups in total. The number of methoxy groups -OCH3 is 1. The van der Waals surface area contributed by atoms with Crippen molar-refractivity contribution >= 4 is 45.4 Å². The lowest BCUT2D eigenvalue weighted by atomic mass is 10.1. The number of pyridine rings is 2. The van der Waals surface area contributed by atoms with Gasteiger partial charge in [-0.05, 0) is 56.5 Å². The highest BCUT2D eigenvalue weighted by Crippen LogP contribution is 2.38. The Hall–Kier alpha value is -5.71. The third-order valence-corrected chi connectivity index (χ3v) is 8.78. The largest absolute Gasteiger partial charge is 0.496 e. The molecular formula is C37H36FN7O3. The standard InChI is InChI=1S/C37H36FN7O3/c1-4-39-37(47)43-32-18-24-17-28(26-11-7-8-12-31(26)48-3)44(30(24)21-41-32)15-16-45-29-19-33(42-36(46)23-13-14-23)40-20-27(29)34(38)35(45)25-10-6-5-9-22(25)2/h5-12,17-21,23H,4,13-16H2,1-3H3,(H,40,42,46)(H2,39,41,43,47). The zero-order valence-electron chi connectivity index (χ0n) is 27.0. The molecule has 0 radical (unpaired) electrons. The molecule has 11 heteroatoms. The lowest BCUT2D eigenvalue weighted by molar-refractivity contribution is -0.117. The predicted octanol–water partition coefficient (Wildman–Crippen LogP) is 7.37. The number of ether oxygens (including phenoxy) is 1. The third kappa shape index (κ3) is 5.83. The van der Waals surface area contributed by atoms with Crippen molar-refractivity contribution in [2.75, 3.05) is 24.3 Å². The number of benzene rings is 2. The molecular weight excluding hydrogens is 609 g/mol. The van der Waals surface area contributed by atoms with E-state index in [-0.39, 0.29) is 23.7 Å². The van der Waals surface area contributed by atoms with Crippen LogP contribution in [-0.4, -0.2) is 44.7 Å². The first kappa shape index (κ1) is 30.9. The van der Waals surface area contributed by atoms with Crippen LogP contribution in [0.25, 0.3) is 44.3 Å². The van der Waals surface area contributed by atoms with Crippen molar-refractivity contribution in [2.24, 2.45) is 5.92 Å².